The van der Waals surface area contributed by atoms with Crippen molar-refractivity contribution in [3.05, 3.63) is 30.1 Å². The van der Waals surface area contributed by atoms with Gasteiger partial charge in [-0.05, 0) is 13.0 Å². The Kier molecular flexibility index (Phi) is 1.71. The fourth-order valence-corrected chi connectivity index (χ4v) is 0.870. The molecule has 0 aliphatic rings. The van der Waals surface area contributed by atoms with Gasteiger partial charge in [-0.25, -0.2) is 0 Å². The van der Waals surface area contributed by atoms with Gasteiger partial charge in [0.1, 0.15) is 0 Å². The number of aromatic nitrogens is 2. The lowest BCUT2D eigenvalue weighted by Gasteiger charge is -1.87. The van der Waals surface area contributed by atoms with Crippen molar-refractivity contribution in [2.45, 2.75) is 6.92 Å². The fourth-order valence-electron chi connectivity index (χ4n) is 0.870. The monoisotopic (exact) mass is 134 g/mol. The zero-order valence-corrected chi connectivity index (χ0v) is 6.02. The zero-order chi connectivity index (χ0) is 7.56. The number of hydrogen-bond acceptors (Lipinski definition) is 1. The Bertz CT molecular complexity index is 258. The van der Waals surface area contributed by atoms with Gasteiger partial charge in [0.05, 0.1) is 5.69 Å². The maximum absolute atomic E-state index is 3.99. The van der Waals surface area contributed by atoms with Gasteiger partial charge < -0.3 is 0 Å². The average Bonchev–Trinajstić information content (AvgIpc) is 2.30. The molecule has 0 aliphatic carbocycles. The molecular weight excluding hydrogens is 124 g/mol. The van der Waals surface area contributed by atoms with Crippen molar-refractivity contribution >= 4 is 12.2 Å². The summed E-state index contributed by atoms with van der Waals surface area (Å²) in [6, 6.07) is 0. The van der Waals surface area contributed by atoms with Crippen LogP contribution in [0.15, 0.2) is 13.2 Å². The molecule has 0 unspecified atom stereocenters. The Morgan fingerprint density at radius 2 is 2.10 bits per heavy atom. The number of hydrogen-bond donors (Lipinski definition) is 1. The Hall–Kier alpha value is -1.31. The maximum atomic E-state index is 3.99. The molecule has 0 aliphatic heterocycles. The van der Waals surface area contributed by atoms with Crippen LogP contribution in [-0.4, -0.2) is 10.2 Å². The molecule has 10 heavy (non-hydrogen) atoms. The Labute approximate surface area is 60.3 Å². The standard InChI is InChI=1S/C8H10N2/c1-4-7-6(3)9-10-8(7)5-2/h4-5H,1-2H2,3H3,(H,9,10). The van der Waals surface area contributed by atoms with Gasteiger partial charge >= 0.3 is 0 Å². The molecule has 0 amide bonds. The number of aromatic amines is 1. The second kappa shape index (κ2) is 2.52. The van der Waals surface area contributed by atoms with Gasteiger partial charge in [-0.1, -0.05) is 19.2 Å². The van der Waals surface area contributed by atoms with Gasteiger partial charge in [0.25, 0.3) is 0 Å². The number of H-pyrrole nitrogens is 1. The smallest absolute Gasteiger partial charge is 0.0917 e. The van der Waals surface area contributed by atoms with E-state index in [1.807, 2.05) is 6.92 Å². The highest BCUT2D eigenvalue weighted by Crippen LogP contribution is 2.11. The molecule has 0 radical (unpaired) electrons. The first-order chi connectivity index (χ1) is 4.79. The van der Waals surface area contributed by atoms with Crippen molar-refractivity contribution in [1.29, 1.82) is 0 Å². The quantitative estimate of drug-likeness (QED) is 0.658. The van der Waals surface area contributed by atoms with Crippen LogP contribution in [0.5, 0.6) is 0 Å². The molecule has 0 atom stereocenters. The van der Waals surface area contributed by atoms with Gasteiger partial charge in [0, 0.05) is 11.3 Å². The zero-order valence-electron chi connectivity index (χ0n) is 6.02. The average molecular weight is 134 g/mol. The normalized spacial score (nSPS) is 9.30. The lowest BCUT2D eigenvalue weighted by molar-refractivity contribution is 1.04. The number of aryl methyl sites for hydroxylation is 1. The molecule has 0 fully saturated rings. The fraction of sp³-hybridized carbons (Fsp3) is 0.125. The first-order valence-electron chi connectivity index (χ1n) is 3.09. The summed E-state index contributed by atoms with van der Waals surface area (Å²) in [5.74, 6) is 0. The number of nitrogens with zero attached hydrogens (tertiary/aromatic N) is 1. The molecule has 52 valence electrons. The minimum absolute atomic E-state index is 0.868. The first kappa shape index (κ1) is 6.81. The third-order valence-corrected chi connectivity index (χ3v) is 1.42. The minimum atomic E-state index is 0.868. The van der Waals surface area contributed by atoms with Gasteiger partial charge in [-0.2, -0.15) is 5.10 Å². The Morgan fingerprint density at radius 1 is 1.40 bits per heavy atom. The van der Waals surface area contributed by atoms with Crippen LogP contribution in [0.1, 0.15) is 17.0 Å². The topological polar surface area (TPSA) is 28.7 Å². The Balaban J connectivity index is 3.25. The SMILES string of the molecule is C=Cc1n[nH]c(C)c1C=C. The molecule has 0 spiro atoms. The molecular formula is C8H10N2. The molecule has 1 heterocycles. The third-order valence-electron chi connectivity index (χ3n) is 1.42. The number of rotatable bonds is 2. The van der Waals surface area contributed by atoms with E-state index in [-0.39, 0.29) is 0 Å². The molecule has 2 nitrogen and oxygen atoms in total. The van der Waals surface area contributed by atoms with Crippen LogP contribution in [0.2, 0.25) is 0 Å². The number of nitrogens with one attached hydrogen (secondary N) is 1. The summed E-state index contributed by atoms with van der Waals surface area (Å²) in [7, 11) is 0. The van der Waals surface area contributed by atoms with E-state index in [4.69, 9.17) is 0 Å². The van der Waals surface area contributed by atoms with Crippen molar-refractivity contribution in [1.82, 2.24) is 10.2 Å². The van der Waals surface area contributed by atoms with E-state index < -0.39 is 0 Å². The predicted octanol–water partition coefficient (Wildman–Crippen LogP) is 2.00. The molecule has 1 aromatic rings. The van der Waals surface area contributed by atoms with Crippen LogP contribution < -0.4 is 0 Å². The van der Waals surface area contributed by atoms with E-state index in [2.05, 4.69) is 23.4 Å². The van der Waals surface area contributed by atoms with E-state index in [1.165, 1.54) is 0 Å². The summed E-state index contributed by atoms with van der Waals surface area (Å²) in [5, 5.41) is 6.84. The summed E-state index contributed by atoms with van der Waals surface area (Å²) in [4.78, 5) is 0. The van der Waals surface area contributed by atoms with Crippen LogP contribution >= 0.6 is 0 Å². The van der Waals surface area contributed by atoms with Crippen LogP contribution in [-0.2, 0) is 0 Å². The largest absolute Gasteiger partial charge is 0.282 e. The summed E-state index contributed by atoms with van der Waals surface area (Å²) < 4.78 is 0. The highest BCUT2D eigenvalue weighted by molar-refractivity contribution is 5.62. The maximum Gasteiger partial charge on any atom is 0.0917 e. The summed E-state index contributed by atoms with van der Waals surface area (Å²) in [6.07, 6.45) is 3.48. The summed E-state index contributed by atoms with van der Waals surface area (Å²) in [5.41, 5.74) is 2.94. The van der Waals surface area contributed by atoms with Gasteiger partial charge in [0.15, 0.2) is 0 Å². The van der Waals surface area contributed by atoms with E-state index in [0.717, 1.165) is 17.0 Å². The lowest BCUT2D eigenvalue weighted by Crippen LogP contribution is -1.74. The van der Waals surface area contributed by atoms with Crippen LogP contribution in [0.25, 0.3) is 12.2 Å². The van der Waals surface area contributed by atoms with E-state index in [9.17, 15) is 0 Å². The van der Waals surface area contributed by atoms with Crippen molar-refractivity contribution in [3.8, 4) is 0 Å². The van der Waals surface area contributed by atoms with Crippen molar-refractivity contribution in [3.63, 3.8) is 0 Å². The molecule has 1 aromatic heterocycles. The van der Waals surface area contributed by atoms with Crippen molar-refractivity contribution < 1.29 is 0 Å². The molecule has 0 aromatic carbocycles. The van der Waals surface area contributed by atoms with Crippen LogP contribution in [0.4, 0.5) is 0 Å². The van der Waals surface area contributed by atoms with Gasteiger partial charge in [-0.15, -0.1) is 0 Å². The molecule has 2 heteroatoms. The van der Waals surface area contributed by atoms with Gasteiger partial charge in [-0.3, -0.25) is 5.10 Å². The molecule has 0 saturated heterocycles. The third kappa shape index (κ3) is 0.880. The first-order valence-corrected chi connectivity index (χ1v) is 3.09. The van der Waals surface area contributed by atoms with Gasteiger partial charge in [0.2, 0.25) is 0 Å². The minimum Gasteiger partial charge on any atom is -0.282 e. The van der Waals surface area contributed by atoms with Crippen LogP contribution in [0.3, 0.4) is 0 Å². The molecule has 1 N–H and O–H groups in total. The van der Waals surface area contributed by atoms with Crippen molar-refractivity contribution in [2.75, 3.05) is 0 Å². The molecule has 1 rings (SSSR count). The van der Waals surface area contributed by atoms with E-state index in [0.29, 0.717) is 0 Å². The summed E-state index contributed by atoms with van der Waals surface area (Å²) >= 11 is 0. The van der Waals surface area contributed by atoms with Crippen molar-refractivity contribution in [2.24, 2.45) is 0 Å². The Morgan fingerprint density at radius 3 is 2.50 bits per heavy atom. The highest BCUT2D eigenvalue weighted by atomic mass is 15.1. The molecule has 0 bridgehead atoms. The van der Waals surface area contributed by atoms with Crippen LogP contribution in [0, 0.1) is 6.92 Å². The predicted molar refractivity (Wildman–Crippen MR) is 43.5 cm³/mol. The molecule has 0 saturated carbocycles. The second-order valence-electron chi connectivity index (χ2n) is 2.06. The summed E-state index contributed by atoms with van der Waals surface area (Å²) in [6.45, 7) is 9.24. The lowest BCUT2D eigenvalue weighted by atomic mass is 10.2. The van der Waals surface area contributed by atoms with E-state index in [1.54, 1.807) is 12.2 Å². The highest BCUT2D eigenvalue weighted by Gasteiger charge is 2.00. The second-order valence-corrected chi connectivity index (χ2v) is 2.06. The van der Waals surface area contributed by atoms with E-state index >= 15 is 0 Å².